The van der Waals surface area contributed by atoms with E-state index in [1.807, 2.05) is 34.6 Å². The fourth-order valence-corrected chi connectivity index (χ4v) is 3.60. The molecule has 2 nitrogen and oxygen atoms in total. The maximum Gasteiger partial charge on any atom is 0.316 e. The molecule has 1 aliphatic rings. The lowest BCUT2D eigenvalue weighted by molar-refractivity contribution is -0.149. The first-order valence-electron chi connectivity index (χ1n) is 9.74. The van der Waals surface area contributed by atoms with Gasteiger partial charge in [0, 0.05) is 5.92 Å². The number of rotatable bonds is 3. The van der Waals surface area contributed by atoms with Crippen molar-refractivity contribution in [3.05, 3.63) is 45.7 Å². The van der Waals surface area contributed by atoms with E-state index in [0.717, 1.165) is 17.8 Å². The summed E-state index contributed by atoms with van der Waals surface area (Å²) in [6.07, 6.45) is 1.06. The van der Waals surface area contributed by atoms with Crippen molar-refractivity contribution in [1.29, 1.82) is 0 Å². The molecule has 0 aliphatic heterocycles. The molecule has 2 rings (SSSR count). The molecule has 2 atom stereocenters. The Hall–Kier alpha value is -1.57. The Morgan fingerprint density at radius 2 is 1.50 bits per heavy atom. The lowest BCUT2D eigenvalue weighted by atomic mass is 9.83. The van der Waals surface area contributed by atoms with Crippen LogP contribution in [0.1, 0.15) is 90.0 Å². The highest BCUT2D eigenvalue weighted by Crippen LogP contribution is 2.55. The molecule has 0 radical (unpaired) electrons. The Bertz CT molecular complexity index is 711. The maximum atomic E-state index is 12.4. The molecule has 1 fully saturated rings. The van der Waals surface area contributed by atoms with Gasteiger partial charge in [-0.2, -0.15) is 0 Å². The van der Waals surface area contributed by atoms with Gasteiger partial charge in [-0.25, -0.2) is 0 Å². The Balaban J connectivity index is 2.29. The molecule has 1 saturated carbocycles. The Morgan fingerprint density at radius 1 is 1.00 bits per heavy atom. The van der Waals surface area contributed by atoms with Gasteiger partial charge in [0.2, 0.25) is 0 Å². The van der Waals surface area contributed by atoms with Gasteiger partial charge in [0.25, 0.3) is 0 Å². The molecule has 0 bridgehead atoms. The summed E-state index contributed by atoms with van der Waals surface area (Å²) in [7, 11) is 0. The molecule has 0 saturated heterocycles. The number of esters is 1. The Labute approximate surface area is 160 Å². The van der Waals surface area contributed by atoms with E-state index >= 15 is 0 Å². The second-order valence-corrected chi connectivity index (χ2v) is 10.2. The molecular weight excluding hydrogens is 320 g/mol. The molecule has 0 amide bonds. The Morgan fingerprint density at radius 3 is 1.88 bits per heavy atom. The monoisotopic (exact) mass is 356 g/mol. The van der Waals surface area contributed by atoms with Crippen LogP contribution in [0.25, 0.3) is 0 Å². The van der Waals surface area contributed by atoms with Gasteiger partial charge in [0.1, 0.15) is 5.76 Å². The molecule has 1 aromatic rings. The molecule has 0 N–H and O–H groups in total. The summed E-state index contributed by atoms with van der Waals surface area (Å²) in [5.74, 6) is 1.52. The summed E-state index contributed by atoms with van der Waals surface area (Å²) >= 11 is 0. The fourth-order valence-electron chi connectivity index (χ4n) is 3.60. The van der Waals surface area contributed by atoms with Crippen molar-refractivity contribution in [1.82, 2.24) is 0 Å². The van der Waals surface area contributed by atoms with Crippen molar-refractivity contribution in [2.24, 2.45) is 11.3 Å². The fraction of sp³-hybridized carbons (Fsp3) is 0.625. The third-order valence-electron chi connectivity index (χ3n) is 5.27. The number of benzene rings is 1. The number of allylic oxidation sites excluding steroid dienone is 2. The normalized spacial score (nSPS) is 19.9. The molecule has 0 heterocycles. The van der Waals surface area contributed by atoms with Crippen LogP contribution in [0.3, 0.4) is 0 Å². The van der Waals surface area contributed by atoms with Crippen LogP contribution in [-0.4, -0.2) is 5.97 Å². The van der Waals surface area contributed by atoms with Crippen LogP contribution < -0.4 is 0 Å². The summed E-state index contributed by atoms with van der Waals surface area (Å²) in [5, 5.41) is 0. The first-order valence-corrected chi connectivity index (χ1v) is 9.74. The van der Waals surface area contributed by atoms with E-state index in [2.05, 4.69) is 46.8 Å². The molecule has 2 heteroatoms. The zero-order chi connectivity index (χ0) is 20.0. The van der Waals surface area contributed by atoms with Crippen molar-refractivity contribution in [3.63, 3.8) is 0 Å². The summed E-state index contributed by atoms with van der Waals surface area (Å²) < 4.78 is 5.85. The van der Waals surface area contributed by atoms with Gasteiger partial charge >= 0.3 is 5.97 Å². The molecule has 1 aromatic carbocycles. The zero-order valence-corrected chi connectivity index (χ0v) is 18.3. The average Bonchev–Trinajstić information content (AvgIpc) is 3.21. The van der Waals surface area contributed by atoms with Crippen LogP contribution in [0.2, 0.25) is 0 Å². The van der Waals surface area contributed by atoms with Gasteiger partial charge in [-0.05, 0) is 94.0 Å². The van der Waals surface area contributed by atoms with E-state index in [-0.39, 0.29) is 11.4 Å². The van der Waals surface area contributed by atoms with Gasteiger partial charge in [-0.1, -0.05) is 32.9 Å². The number of aryl methyl sites for hydroxylation is 2. The van der Waals surface area contributed by atoms with Crippen LogP contribution in [-0.2, 0) is 14.9 Å². The van der Waals surface area contributed by atoms with E-state index in [1.54, 1.807) is 0 Å². The molecule has 0 aromatic heterocycles. The lowest BCUT2D eigenvalue weighted by Crippen LogP contribution is -2.23. The summed E-state index contributed by atoms with van der Waals surface area (Å²) in [4.78, 5) is 12.4. The van der Waals surface area contributed by atoms with Crippen molar-refractivity contribution >= 4 is 5.97 Å². The van der Waals surface area contributed by atoms with Crippen molar-refractivity contribution in [2.75, 3.05) is 0 Å². The molecule has 26 heavy (non-hydrogen) atoms. The smallest absolute Gasteiger partial charge is 0.316 e. The van der Waals surface area contributed by atoms with E-state index in [1.165, 1.54) is 22.3 Å². The SMILES string of the molecule is CC(C)=C(OC(=O)C(C)(C)C)[C@@H]1C[C@@H]1c1c(C)cc(C(C)(C)C)cc1C. The number of ether oxygens (including phenoxy) is 1. The minimum Gasteiger partial charge on any atom is -0.430 e. The van der Waals surface area contributed by atoms with Crippen molar-refractivity contribution < 1.29 is 9.53 Å². The van der Waals surface area contributed by atoms with E-state index in [9.17, 15) is 4.79 Å². The summed E-state index contributed by atoms with van der Waals surface area (Å²) in [6, 6.07) is 4.67. The number of hydrogen-bond donors (Lipinski definition) is 0. The van der Waals surface area contributed by atoms with Crippen LogP contribution >= 0.6 is 0 Å². The largest absolute Gasteiger partial charge is 0.430 e. The Kier molecular flexibility index (Phi) is 5.48. The van der Waals surface area contributed by atoms with Crippen LogP contribution in [0.15, 0.2) is 23.5 Å². The highest BCUT2D eigenvalue weighted by molar-refractivity contribution is 5.76. The average molecular weight is 357 g/mol. The van der Waals surface area contributed by atoms with Crippen molar-refractivity contribution in [2.45, 2.75) is 87.0 Å². The third-order valence-corrected chi connectivity index (χ3v) is 5.27. The zero-order valence-electron chi connectivity index (χ0n) is 18.3. The summed E-state index contributed by atoms with van der Waals surface area (Å²) in [6.45, 7) is 21.0. The van der Waals surface area contributed by atoms with Crippen LogP contribution in [0, 0.1) is 25.2 Å². The first-order chi connectivity index (χ1) is 11.7. The third kappa shape index (κ3) is 4.39. The number of carbonyl (C=O) groups excluding carboxylic acids is 1. The molecule has 0 spiro atoms. The van der Waals surface area contributed by atoms with Crippen LogP contribution in [0.5, 0.6) is 0 Å². The highest BCUT2D eigenvalue weighted by atomic mass is 16.5. The quantitative estimate of drug-likeness (QED) is 0.451. The molecule has 144 valence electrons. The predicted octanol–water partition coefficient (Wildman–Crippen LogP) is 6.59. The number of carbonyl (C=O) groups is 1. The van der Waals surface area contributed by atoms with Gasteiger partial charge in [0.15, 0.2) is 0 Å². The molecular formula is C24H36O2. The highest BCUT2D eigenvalue weighted by Gasteiger charge is 2.45. The van der Waals surface area contributed by atoms with Crippen molar-refractivity contribution in [3.8, 4) is 0 Å². The second-order valence-electron chi connectivity index (χ2n) is 10.2. The van der Waals surface area contributed by atoms with Crippen LogP contribution in [0.4, 0.5) is 0 Å². The van der Waals surface area contributed by atoms with Gasteiger partial charge < -0.3 is 4.74 Å². The standard InChI is InChI=1S/C24H36O2/c1-14(2)21(26-22(25)24(8,9)10)19-13-18(19)20-15(3)11-17(12-16(20)4)23(5,6)7/h11-12,18-19H,13H2,1-10H3/t18-,19+/m0/s1. The minimum absolute atomic E-state index is 0.143. The topological polar surface area (TPSA) is 26.3 Å². The van der Waals surface area contributed by atoms with E-state index < -0.39 is 5.41 Å². The van der Waals surface area contributed by atoms with E-state index in [0.29, 0.717) is 11.8 Å². The van der Waals surface area contributed by atoms with E-state index in [4.69, 9.17) is 4.74 Å². The molecule has 0 unspecified atom stereocenters. The second kappa shape index (κ2) is 6.87. The first kappa shape index (κ1) is 20.7. The van der Waals surface area contributed by atoms with Gasteiger partial charge in [0.05, 0.1) is 5.41 Å². The maximum absolute atomic E-state index is 12.4. The lowest BCUT2D eigenvalue weighted by Gasteiger charge is -2.23. The predicted molar refractivity (Wildman–Crippen MR) is 109 cm³/mol. The summed E-state index contributed by atoms with van der Waals surface area (Å²) in [5.41, 5.74) is 6.32. The molecule has 1 aliphatic carbocycles. The van der Waals surface area contributed by atoms with Gasteiger partial charge in [-0.15, -0.1) is 0 Å². The minimum atomic E-state index is -0.481. The number of hydrogen-bond acceptors (Lipinski definition) is 2. The van der Waals surface area contributed by atoms with Gasteiger partial charge in [-0.3, -0.25) is 4.79 Å².